The minimum atomic E-state index is -0.265. The molecule has 0 saturated heterocycles. The second-order valence-corrected chi connectivity index (χ2v) is 3.97. The molecule has 0 fully saturated rings. The molecule has 1 rings (SSSR count). The van der Waals surface area contributed by atoms with Gasteiger partial charge >= 0.3 is 0 Å². The molecule has 2 N–H and O–H groups in total. The van der Waals surface area contributed by atoms with E-state index in [0.717, 1.165) is 0 Å². The van der Waals surface area contributed by atoms with Gasteiger partial charge in [0.25, 0.3) is 0 Å². The molecule has 2 nitrogen and oxygen atoms in total. The van der Waals surface area contributed by atoms with Gasteiger partial charge in [-0.2, -0.15) is 0 Å². The molecule has 1 unspecified atom stereocenters. The van der Waals surface area contributed by atoms with E-state index in [1.165, 1.54) is 7.11 Å². The third-order valence-electron chi connectivity index (χ3n) is 2.33. The van der Waals surface area contributed by atoms with Gasteiger partial charge in [0.1, 0.15) is 5.82 Å². The minimum absolute atomic E-state index is 0.0423. The highest BCUT2D eigenvalue weighted by molar-refractivity contribution is 6.30. The van der Waals surface area contributed by atoms with Crippen molar-refractivity contribution in [2.24, 2.45) is 5.73 Å². The van der Waals surface area contributed by atoms with Crippen molar-refractivity contribution in [3.05, 3.63) is 34.1 Å². The molecule has 1 aromatic rings. The predicted octanol–water partition coefficient (Wildman–Crippen LogP) is 2.69. The second-order valence-electron chi connectivity index (χ2n) is 3.54. The summed E-state index contributed by atoms with van der Waals surface area (Å²) in [5, 5.41) is 0.513. The zero-order chi connectivity index (χ0) is 11.4. The molecule has 0 spiro atoms. The van der Waals surface area contributed by atoms with Crippen LogP contribution in [-0.4, -0.2) is 13.7 Å². The molecule has 4 heteroatoms. The zero-order valence-electron chi connectivity index (χ0n) is 8.89. The van der Waals surface area contributed by atoms with Gasteiger partial charge in [-0.15, -0.1) is 0 Å². The van der Waals surface area contributed by atoms with Crippen molar-refractivity contribution in [1.82, 2.24) is 0 Å². The van der Waals surface area contributed by atoms with Gasteiger partial charge in [-0.25, -0.2) is 4.39 Å². The Morgan fingerprint density at radius 3 is 2.73 bits per heavy atom. The van der Waals surface area contributed by atoms with E-state index in [9.17, 15) is 4.39 Å². The fourth-order valence-electron chi connectivity index (χ4n) is 1.41. The van der Waals surface area contributed by atoms with E-state index in [2.05, 4.69) is 0 Å². The van der Waals surface area contributed by atoms with E-state index in [0.29, 0.717) is 22.7 Å². The van der Waals surface area contributed by atoms with E-state index in [1.807, 2.05) is 6.92 Å². The third kappa shape index (κ3) is 2.91. The van der Waals surface area contributed by atoms with Crippen molar-refractivity contribution in [2.45, 2.75) is 19.4 Å². The number of halogens is 2. The number of hydrogen-bond donors (Lipinski definition) is 1. The summed E-state index contributed by atoms with van der Waals surface area (Å²) in [6.45, 7) is 2.48. The first-order valence-corrected chi connectivity index (χ1v) is 5.14. The Hall–Kier alpha value is -0.640. The van der Waals surface area contributed by atoms with Crippen LogP contribution in [0.2, 0.25) is 5.02 Å². The van der Waals surface area contributed by atoms with E-state index in [-0.39, 0.29) is 18.3 Å². The Kier molecular flexibility index (Phi) is 4.51. The van der Waals surface area contributed by atoms with E-state index >= 15 is 0 Å². The van der Waals surface area contributed by atoms with Gasteiger partial charge in [-0.3, -0.25) is 0 Å². The molecule has 0 saturated carbocycles. The zero-order valence-corrected chi connectivity index (χ0v) is 9.64. The summed E-state index contributed by atoms with van der Waals surface area (Å²) in [5.74, 6) is -0.307. The molecular formula is C11H15ClFNO. The first-order chi connectivity index (χ1) is 7.10. The number of ether oxygens (including phenoxy) is 1. The number of hydrogen-bond acceptors (Lipinski definition) is 2. The summed E-state index contributed by atoms with van der Waals surface area (Å²) in [5.41, 5.74) is 6.53. The van der Waals surface area contributed by atoms with Crippen LogP contribution in [0.3, 0.4) is 0 Å². The summed E-state index contributed by atoms with van der Waals surface area (Å²) in [7, 11) is 1.52. The summed E-state index contributed by atoms with van der Waals surface area (Å²) in [6, 6.07) is 3.20. The standard InChI is InChI=1S/C11H15ClFNO/c1-7(5-14)10-4-9(12)3-8(6-15-2)11(10)13/h3-4,7H,5-6,14H2,1-2H3. The average molecular weight is 232 g/mol. The van der Waals surface area contributed by atoms with Crippen molar-refractivity contribution in [1.29, 1.82) is 0 Å². The fraction of sp³-hybridized carbons (Fsp3) is 0.455. The van der Waals surface area contributed by atoms with Crippen LogP contribution in [0.4, 0.5) is 4.39 Å². The molecule has 84 valence electrons. The molecule has 1 aromatic carbocycles. The first kappa shape index (κ1) is 12.4. The van der Waals surface area contributed by atoms with Gasteiger partial charge in [0, 0.05) is 17.7 Å². The first-order valence-electron chi connectivity index (χ1n) is 4.77. The van der Waals surface area contributed by atoms with Crippen molar-refractivity contribution in [2.75, 3.05) is 13.7 Å². The largest absolute Gasteiger partial charge is 0.380 e. The van der Waals surface area contributed by atoms with Crippen molar-refractivity contribution < 1.29 is 9.13 Å². The Bertz CT molecular complexity index is 344. The average Bonchev–Trinajstić information content (AvgIpc) is 2.22. The van der Waals surface area contributed by atoms with Crippen LogP contribution in [0, 0.1) is 5.82 Å². The molecule has 15 heavy (non-hydrogen) atoms. The number of methoxy groups -OCH3 is 1. The van der Waals surface area contributed by atoms with Gasteiger partial charge in [0.15, 0.2) is 0 Å². The molecule has 1 atom stereocenters. The topological polar surface area (TPSA) is 35.2 Å². The van der Waals surface area contributed by atoms with Crippen LogP contribution < -0.4 is 5.73 Å². The molecular weight excluding hydrogens is 217 g/mol. The maximum Gasteiger partial charge on any atom is 0.132 e. The number of rotatable bonds is 4. The molecule has 0 aliphatic heterocycles. The normalized spacial score (nSPS) is 12.9. The lowest BCUT2D eigenvalue weighted by molar-refractivity contribution is 0.181. The summed E-state index contributed by atoms with van der Waals surface area (Å²) < 4.78 is 18.8. The smallest absolute Gasteiger partial charge is 0.132 e. The summed E-state index contributed by atoms with van der Waals surface area (Å²) >= 11 is 5.90. The van der Waals surface area contributed by atoms with Crippen LogP contribution in [0.25, 0.3) is 0 Å². The van der Waals surface area contributed by atoms with Crippen LogP contribution in [-0.2, 0) is 11.3 Å². The van der Waals surface area contributed by atoms with E-state index in [1.54, 1.807) is 12.1 Å². The van der Waals surface area contributed by atoms with Gasteiger partial charge < -0.3 is 10.5 Å². The predicted molar refractivity (Wildman–Crippen MR) is 59.6 cm³/mol. The quantitative estimate of drug-likeness (QED) is 0.865. The van der Waals surface area contributed by atoms with Crippen LogP contribution in [0.15, 0.2) is 12.1 Å². The second kappa shape index (κ2) is 5.45. The molecule has 0 amide bonds. The highest BCUT2D eigenvalue weighted by Crippen LogP contribution is 2.25. The van der Waals surface area contributed by atoms with Gasteiger partial charge in [-0.05, 0) is 30.2 Å². The molecule has 0 aliphatic rings. The molecule has 0 radical (unpaired) electrons. The fourth-order valence-corrected chi connectivity index (χ4v) is 1.66. The summed E-state index contributed by atoms with van der Waals surface area (Å²) in [6.07, 6.45) is 0. The maximum absolute atomic E-state index is 13.9. The Morgan fingerprint density at radius 1 is 1.53 bits per heavy atom. The van der Waals surface area contributed by atoms with Crippen LogP contribution >= 0.6 is 11.6 Å². The number of benzene rings is 1. The molecule has 0 bridgehead atoms. The lowest BCUT2D eigenvalue weighted by Crippen LogP contribution is -2.11. The minimum Gasteiger partial charge on any atom is -0.380 e. The lowest BCUT2D eigenvalue weighted by Gasteiger charge is -2.13. The Morgan fingerprint density at radius 2 is 2.20 bits per heavy atom. The van der Waals surface area contributed by atoms with E-state index < -0.39 is 0 Å². The van der Waals surface area contributed by atoms with Crippen LogP contribution in [0.5, 0.6) is 0 Å². The monoisotopic (exact) mass is 231 g/mol. The maximum atomic E-state index is 13.9. The highest BCUT2D eigenvalue weighted by Gasteiger charge is 2.14. The Balaban J connectivity index is 3.15. The molecule has 0 aliphatic carbocycles. The van der Waals surface area contributed by atoms with Crippen LogP contribution in [0.1, 0.15) is 24.0 Å². The SMILES string of the molecule is COCc1cc(Cl)cc(C(C)CN)c1F. The van der Waals surface area contributed by atoms with Gasteiger partial charge in [-0.1, -0.05) is 18.5 Å². The third-order valence-corrected chi connectivity index (χ3v) is 2.54. The summed E-state index contributed by atoms with van der Waals surface area (Å²) in [4.78, 5) is 0. The highest BCUT2D eigenvalue weighted by atomic mass is 35.5. The van der Waals surface area contributed by atoms with Gasteiger partial charge in [0.05, 0.1) is 6.61 Å². The van der Waals surface area contributed by atoms with E-state index in [4.69, 9.17) is 22.1 Å². The van der Waals surface area contributed by atoms with Crippen molar-refractivity contribution in [3.8, 4) is 0 Å². The van der Waals surface area contributed by atoms with Crippen molar-refractivity contribution >= 4 is 11.6 Å². The Labute approximate surface area is 94.2 Å². The lowest BCUT2D eigenvalue weighted by atomic mass is 9.98. The molecule has 0 heterocycles. The van der Waals surface area contributed by atoms with Crippen molar-refractivity contribution in [3.63, 3.8) is 0 Å². The molecule has 0 aromatic heterocycles. The number of nitrogens with two attached hydrogens (primary N) is 1. The van der Waals surface area contributed by atoms with Gasteiger partial charge in [0.2, 0.25) is 0 Å².